The van der Waals surface area contributed by atoms with Gasteiger partial charge in [-0.15, -0.1) is 0 Å². The zero-order valence-electron chi connectivity index (χ0n) is 11.2. The smallest absolute Gasteiger partial charge is 0.296 e. The van der Waals surface area contributed by atoms with Crippen LogP contribution >= 0.6 is 0 Å². The number of hydrogen-bond acceptors (Lipinski definition) is 7. The largest absolute Gasteiger partial charge is 0.298 e. The average Bonchev–Trinajstić information content (AvgIpc) is 2.55. The van der Waals surface area contributed by atoms with Crippen molar-refractivity contribution in [2.24, 2.45) is 0 Å². The summed E-state index contributed by atoms with van der Waals surface area (Å²) in [6.45, 7) is 3.41. The van der Waals surface area contributed by atoms with Crippen molar-refractivity contribution in [3.63, 3.8) is 0 Å². The fraction of sp³-hybridized carbons (Fsp3) is 0. The Morgan fingerprint density at radius 2 is 1.41 bits per heavy atom. The molecule has 9 nitrogen and oxygen atoms in total. The first kappa shape index (κ1) is 16.6. The van der Waals surface area contributed by atoms with E-state index in [1.807, 2.05) is 0 Å². The van der Waals surface area contributed by atoms with Crippen molar-refractivity contribution >= 4 is 23.7 Å². The van der Waals surface area contributed by atoms with Gasteiger partial charge in [-0.2, -0.15) is 0 Å². The van der Waals surface area contributed by atoms with Gasteiger partial charge >= 0.3 is 0 Å². The van der Waals surface area contributed by atoms with Gasteiger partial charge < -0.3 is 0 Å². The van der Waals surface area contributed by atoms with Gasteiger partial charge in [0.2, 0.25) is 0 Å². The molecule has 0 aliphatic rings. The molecule has 0 aliphatic carbocycles. The Balaban J connectivity index is 0.000000220. The van der Waals surface area contributed by atoms with E-state index in [0.717, 1.165) is 0 Å². The zero-order chi connectivity index (χ0) is 16.5. The number of carbonyl (C=O) groups excluding carboxylic acids is 1. The predicted octanol–water partition coefficient (Wildman–Crippen LogP) is 2.44. The van der Waals surface area contributed by atoms with Crippen LogP contribution in [0.4, 0.5) is 11.4 Å². The molecule has 0 aromatic carbocycles. The van der Waals surface area contributed by atoms with E-state index in [2.05, 4.69) is 16.5 Å². The zero-order valence-corrected chi connectivity index (χ0v) is 11.2. The summed E-state index contributed by atoms with van der Waals surface area (Å²) in [5, 5.41) is 20.5. The highest BCUT2D eigenvalue weighted by Gasteiger charge is 2.11. The van der Waals surface area contributed by atoms with Crippen LogP contribution < -0.4 is 0 Å². The number of nitrogens with zero attached hydrogens (tertiary/aromatic N) is 4. The summed E-state index contributed by atoms with van der Waals surface area (Å²) < 4.78 is 0. The molecule has 0 N–H and O–H groups in total. The minimum atomic E-state index is -0.642. The summed E-state index contributed by atoms with van der Waals surface area (Å²) in [6.07, 6.45) is 4.54. The normalized spacial score (nSPS) is 9.09. The summed E-state index contributed by atoms with van der Waals surface area (Å²) in [4.78, 5) is 36.8. The second-order valence-electron chi connectivity index (χ2n) is 3.65. The van der Waals surface area contributed by atoms with Crippen molar-refractivity contribution in [3.05, 3.63) is 74.9 Å². The minimum absolute atomic E-state index is 0.0116. The van der Waals surface area contributed by atoms with Crippen molar-refractivity contribution in [1.29, 1.82) is 0 Å². The highest BCUT2D eigenvalue weighted by molar-refractivity contribution is 5.77. The number of nitro groups is 2. The predicted molar refractivity (Wildman–Crippen MR) is 77.3 cm³/mol. The number of hydrogen-bond donors (Lipinski definition) is 0. The lowest BCUT2D eigenvalue weighted by Gasteiger charge is -1.92. The van der Waals surface area contributed by atoms with Gasteiger partial charge in [0.25, 0.3) is 11.4 Å². The SMILES string of the molecule is C=Cc1ncccc1[N+](=O)[O-].O=Cc1ncccc1[N+](=O)[O-]. The third kappa shape index (κ3) is 4.27. The van der Waals surface area contributed by atoms with Crippen LogP contribution in [-0.2, 0) is 0 Å². The summed E-state index contributed by atoms with van der Waals surface area (Å²) in [6, 6.07) is 5.55. The Labute approximate surface area is 124 Å². The van der Waals surface area contributed by atoms with Gasteiger partial charge in [0.1, 0.15) is 5.69 Å². The molecule has 22 heavy (non-hydrogen) atoms. The number of aldehydes is 1. The molecule has 2 aromatic rings. The fourth-order valence-corrected chi connectivity index (χ4v) is 1.37. The molecule has 2 aromatic heterocycles. The van der Waals surface area contributed by atoms with E-state index in [-0.39, 0.29) is 17.1 Å². The molecule has 112 valence electrons. The van der Waals surface area contributed by atoms with E-state index in [9.17, 15) is 25.0 Å². The number of carbonyl (C=O) groups is 1. The fourth-order valence-electron chi connectivity index (χ4n) is 1.37. The maximum atomic E-state index is 10.3. The van der Waals surface area contributed by atoms with Crippen LogP contribution in [0, 0.1) is 20.2 Å². The van der Waals surface area contributed by atoms with E-state index in [1.165, 1.54) is 42.7 Å². The minimum Gasteiger partial charge on any atom is -0.296 e. The first-order valence-electron chi connectivity index (χ1n) is 5.77. The average molecular weight is 302 g/mol. The standard InChI is InChI=1S/C7H6N2O2.C6H4N2O3/c1-2-6-7(9(10)11)4-3-5-8-6;9-4-5-6(8(10)11)2-1-3-7-5/h2-5H,1H2;1-4H. The van der Waals surface area contributed by atoms with Crippen LogP contribution in [-0.4, -0.2) is 26.1 Å². The molecule has 0 unspecified atom stereocenters. The Hall–Kier alpha value is -3.49. The maximum Gasteiger partial charge on any atom is 0.298 e. The third-order valence-electron chi connectivity index (χ3n) is 2.33. The van der Waals surface area contributed by atoms with E-state index in [0.29, 0.717) is 12.0 Å². The van der Waals surface area contributed by atoms with Gasteiger partial charge in [-0.05, 0) is 18.2 Å². The Morgan fingerprint density at radius 3 is 1.73 bits per heavy atom. The molecule has 0 radical (unpaired) electrons. The first-order chi connectivity index (χ1) is 10.5. The summed E-state index contributed by atoms with van der Waals surface area (Å²) in [5.41, 5.74) is -0.111. The molecular weight excluding hydrogens is 292 g/mol. The molecule has 0 amide bonds. The lowest BCUT2D eigenvalue weighted by atomic mass is 10.3. The van der Waals surface area contributed by atoms with Crippen LogP contribution in [0.2, 0.25) is 0 Å². The van der Waals surface area contributed by atoms with Crippen LogP contribution in [0.5, 0.6) is 0 Å². The number of aromatic nitrogens is 2. The molecule has 0 fully saturated rings. The van der Waals surface area contributed by atoms with Crippen molar-refractivity contribution in [3.8, 4) is 0 Å². The molecule has 0 spiro atoms. The van der Waals surface area contributed by atoms with Crippen LogP contribution in [0.15, 0.2) is 43.2 Å². The lowest BCUT2D eigenvalue weighted by molar-refractivity contribution is -0.385. The Bertz CT molecular complexity index is 656. The van der Waals surface area contributed by atoms with Crippen LogP contribution in [0.1, 0.15) is 16.2 Å². The van der Waals surface area contributed by atoms with Gasteiger partial charge in [0, 0.05) is 24.5 Å². The van der Waals surface area contributed by atoms with Gasteiger partial charge in [0.05, 0.1) is 9.85 Å². The van der Waals surface area contributed by atoms with E-state index in [1.54, 1.807) is 0 Å². The second kappa shape index (κ2) is 7.94. The molecule has 0 bridgehead atoms. The molecule has 0 atom stereocenters. The Kier molecular flexibility index (Phi) is 5.98. The van der Waals surface area contributed by atoms with Crippen molar-refractivity contribution in [1.82, 2.24) is 9.97 Å². The van der Waals surface area contributed by atoms with Gasteiger partial charge in [-0.3, -0.25) is 25.0 Å². The first-order valence-corrected chi connectivity index (χ1v) is 5.77. The lowest BCUT2D eigenvalue weighted by Crippen LogP contribution is -1.95. The number of rotatable bonds is 4. The molecule has 9 heteroatoms. The molecule has 0 saturated heterocycles. The van der Waals surface area contributed by atoms with Crippen LogP contribution in [0.25, 0.3) is 6.08 Å². The van der Waals surface area contributed by atoms with Crippen molar-refractivity contribution < 1.29 is 14.6 Å². The summed E-state index contributed by atoms with van der Waals surface area (Å²) in [7, 11) is 0. The Morgan fingerprint density at radius 1 is 0.955 bits per heavy atom. The van der Waals surface area contributed by atoms with Gasteiger partial charge in [-0.25, -0.2) is 9.97 Å². The second-order valence-corrected chi connectivity index (χ2v) is 3.65. The summed E-state index contributed by atoms with van der Waals surface area (Å²) >= 11 is 0. The monoisotopic (exact) mass is 302 g/mol. The van der Waals surface area contributed by atoms with Crippen molar-refractivity contribution in [2.75, 3.05) is 0 Å². The van der Waals surface area contributed by atoms with E-state index >= 15 is 0 Å². The highest BCUT2D eigenvalue weighted by atomic mass is 16.6. The summed E-state index contributed by atoms with van der Waals surface area (Å²) in [5.74, 6) is 0. The van der Waals surface area contributed by atoms with E-state index in [4.69, 9.17) is 0 Å². The quantitative estimate of drug-likeness (QED) is 0.481. The van der Waals surface area contributed by atoms with E-state index < -0.39 is 9.85 Å². The van der Waals surface area contributed by atoms with Crippen molar-refractivity contribution in [2.45, 2.75) is 0 Å². The molecule has 0 saturated carbocycles. The van der Waals surface area contributed by atoms with Gasteiger partial charge in [-0.1, -0.05) is 6.58 Å². The van der Waals surface area contributed by atoms with Crippen LogP contribution in [0.3, 0.4) is 0 Å². The maximum absolute atomic E-state index is 10.3. The topological polar surface area (TPSA) is 129 Å². The molecule has 2 heterocycles. The number of pyridine rings is 2. The van der Waals surface area contributed by atoms with Gasteiger partial charge in [0.15, 0.2) is 12.0 Å². The third-order valence-corrected chi connectivity index (χ3v) is 2.33. The molecular formula is C13H10N4O5. The molecule has 0 aliphatic heterocycles. The highest BCUT2D eigenvalue weighted by Crippen LogP contribution is 2.15. The molecule has 2 rings (SSSR count).